The molecule has 1 atom stereocenters. The van der Waals surface area contributed by atoms with Crippen LogP contribution in [-0.2, 0) is 4.79 Å². The van der Waals surface area contributed by atoms with Crippen molar-refractivity contribution in [1.82, 2.24) is 35.1 Å². The minimum absolute atomic E-state index is 0.213. The van der Waals surface area contributed by atoms with Gasteiger partial charge in [-0.1, -0.05) is 23.7 Å². The molecule has 39 heavy (non-hydrogen) atoms. The Balaban J connectivity index is 1.31. The minimum Gasteiger partial charge on any atom is -0.491 e. The maximum atomic E-state index is 12.6. The molecule has 3 aromatic rings. The van der Waals surface area contributed by atoms with E-state index in [0.29, 0.717) is 37.0 Å². The SMILES string of the molecule is COc1c(Cl)ncnc1-c1ccc2nc(NC3(CN4CCN(C(=O)CC(F)(F)F)CC4)C=CC=CN3)[nH]c2c1. The molecule has 0 bridgehead atoms. The molecule has 2 aromatic heterocycles. The van der Waals surface area contributed by atoms with Crippen molar-refractivity contribution in [2.45, 2.75) is 18.3 Å². The van der Waals surface area contributed by atoms with Crippen molar-refractivity contribution in [2.24, 2.45) is 0 Å². The van der Waals surface area contributed by atoms with Gasteiger partial charge in [0.15, 0.2) is 10.9 Å². The number of ether oxygens (including phenoxy) is 1. The van der Waals surface area contributed by atoms with E-state index in [1.165, 1.54) is 18.3 Å². The fourth-order valence-corrected chi connectivity index (χ4v) is 4.90. The summed E-state index contributed by atoms with van der Waals surface area (Å²) in [5, 5.41) is 6.98. The maximum absolute atomic E-state index is 12.6. The van der Waals surface area contributed by atoms with Crippen LogP contribution in [0.25, 0.3) is 22.3 Å². The highest BCUT2D eigenvalue weighted by molar-refractivity contribution is 6.31. The number of halogens is 4. The van der Waals surface area contributed by atoms with Crippen molar-refractivity contribution in [3.63, 3.8) is 0 Å². The third-order valence-corrected chi connectivity index (χ3v) is 6.81. The first-order valence-electron chi connectivity index (χ1n) is 12.2. The van der Waals surface area contributed by atoms with Gasteiger partial charge in [-0.3, -0.25) is 9.69 Å². The van der Waals surface area contributed by atoms with Gasteiger partial charge in [0.25, 0.3) is 0 Å². The maximum Gasteiger partial charge on any atom is 0.397 e. The summed E-state index contributed by atoms with van der Waals surface area (Å²) in [6.45, 7) is 1.83. The molecule has 14 heteroatoms. The summed E-state index contributed by atoms with van der Waals surface area (Å²) in [4.78, 5) is 31.6. The van der Waals surface area contributed by atoms with E-state index in [1.54, 1.807) is 0 Å². The average Bonchev–Trinajstić information content (AvgIpc) is 3.29. The number of methoxy groups -OCH3 is 1. The van der Waals surface area contributed by atoms with E-state index in [-0.39, 0.29) is 18.2 Å². The predicted molar refractivity (Wildman–Crippen MR) is 140 cm³/mol. The number of alkyl halides is 3. The van der Waals surface area contributed by atoms with Gasteiger partial charge in [-0.05, 0) is 30.5 Å². The number of allylic oxidation sites excluding steroid dienone is 2. The molecule has 3 N–H and O–H groups in total. The average molecular weight is 563 g/mol. The first kappa shape index (κ1) is 26.8. The lowest BCUT2D eigenvalue weighted by molar-refractivity contribution is -0.162. The van der Waals surface area contributed by atoms with Crippen LogP contribution in [0.3, 0.4) is 0 Å². The molecule has 1 unspecified atom stereocenters. The molecule has 0 saturated carbocycles. The van der Waals surface area contributed by atoms with Gasteiger partial charge in [0.05, 0.1) is 18.1 Å². The van der Waals surface area contributed by atoms with Crippen LogP contribution in [0.4, 0.5) is 19.1 Å². The predicted octanol–water partition coefficient (Wildman–Crippen LogP) is 3.56. The van der Waals surface area contributed by atoms with E-state index in [4.69, 9.17) is 16.3 Å². The number of dihydropyridines is 1. The molecule has 2 aliphatic heterocycles. The molecule has 2 aliphatic rings. The molecule has 206 valence electrons. The van der Waals surface area contributed by atoms with Crippen molar-refractivity contribution in [3.8, 4) is 17.0 Å². The Kier molecular flexibility index (Phi) is 7.36. The topological polar surface area (TPSA) is 111 Å². The second kappa shape index (κ2) is 10.7. The van der Waals surface area contributed by atoms with Crippen LogP contribution in [0.2, 0.25) is 5.15 Å². The van der Waals surface area contributed by atoms with Crippen LogP contribution >= 0.6 is 11.6 Å². The van der Waals surface area contributed by atoms with Crippen LogP contribution in [0.5, 0.6) is 5.75 Å². The van der Waals surface area contributed by atoms with Gasteiger partial charge in [-0.2, -0.15) is 13.2 Å². The highest BCUT2D eigenvalue weighted by Gasteiger charge is 2.36. The summed E-state index contributed by atoms with van der Waals surface area (Å²) in [7, 11) is 1.50. The largest absolute Gasteiger partial charge is 0.491 e. The number of rotatable bonds is 7. The molecule has 0 aliphatic carbocycles. The number of fused-ring (bicyclic) bond motifs is 1. The van der Waals surface area contributed by atoms with Crippen molar-refractivity contribution in [2.75, 3.05) is 45.2 Å². The zero-order chi connectivity index (χ0) is 27.6. The number of piperazine rings is 1. The second-order valence-electron chi connectivity index (χ2n) is 9.27. The number of anilines is 1. The summed E-state index contributed by atoms with van der Waals surface area (Å²) in [6, 6.07) is 5.61. The third kappa shape index (κ3) is 6.09. The Morgan fingerprint density at radius 1 is 1.21 bits per heavy atom. The normalized spacial score (nSPS) is 19.8. The van der Waals surface area contributed by atoms with Crippen LogP contribution in [0.15, 0.2) is 49.0 Å². The van der Waals surface area contributed by atoms with E-state index >= 15 is 0 Å². The van der Waals surface area contributed by atoms with E-state index in [1.807, 2.05) is 42.6 Å². The summed E-state index contributed by atoms with van der Waals surface area (Å²) in [5.74, 6) is -0.00254. The fraction of sp³-hybridized carbons (Fsp3) is 0.360. The number of aromatic nitrogens is 4. The van der Waals surface area contributed by atoms with Gasteiger partial charge >= 0.3 is 6.18 Å². The monoisotopic (exact) mass is 562 g/mol. The fourth-order valence-electron chi connectivity index (χ4n) is 4.69. The van der Waals surface area contributed by atoms with Gasteiger partial charge < -0.3 is 25.3 Å². The molecule has 1 saturated heterocycles. The van der Waals surface area contributed by atoms with E-state index in [9.17, 15) is 18.0 Å². The van der Waals surface area contributed by atoms with Gasteiger partial charge in [0.1, 0.15) is 24.1 Å². The molecule has 1 aromatic carbocycles. The lowest BCUT2D eigenvalue weighted by Gasteiger charge is -2.41. The number of amides is 1. The molecular formula is C25H26ClF3N8O2. The molecule has 1 amide bonds. The standard InChI is InChI=1S/C25H26ClF3N8O2/c1-39-21-20(30-15-31-22(21)26)16-4-5-17-18(12-16)34-23(33-17)35-24(6-2-3-7-32-24)14-36-8-10-37(11-9-36)19(38)13-25(27,28)29/h2-7,12,15,32H,8-11,13-14H2,1H3,(H2,33,34,35). The van der Waals surface area contributed by atoms with Crippen molar-refractivity contribution < 1.29 is 22.7 Å². The highest BCUT2D eigenvalue weighted by Crippen LogP contribution is 2.34. The van der Waals surface area contributed by atoms with Crippen LogP contribution in [0, 0.1) is 0 Å². The zero-order valence-electron chi connectivity index (χ0n) is 20.9. The highest BCUT2D eigenvalue weighted by atomic mass is 35.5. The molecule has 5 rings (SSSR count). The number of carbonyl (C=O) groups is 1. The Labute approximate surface area is 226 Å². The van der Waals surface area contributed by atoms with E-state index in [2.05, 4.69) is 35.5 Å². The van der Waals surface area contributed by atoms with Gasteiger partial charge in [-0.25, -0.2) is 15.0 Å². The van der Waals surface area contributed by atoms with Gasteiger partial charge in [0.2, 0.25) is 11.9 Å². The number of benzene rings is 1. The first-order valence-corrected chi connectivity index (χ1v) is 12.5. The first-order chi connectivity index (χ1) is 18.6. The third-order valence-electron chi connectivity index (χ3n) is 6.54. The number of aromatic amines is 1. The number of imidazole rings is 1. The summed E-state index contributed by atoms with van der Waals surface area (Å²) in [6.07, 6.45) is 2.96. The summed E-state index contributed by atoms with van der Waals surface area (Å²) < 4.78 is 43.3. The number of nitrogens with zero attached hydrogens (tertiary/aromatic N) is 5. The van der Waals surface area contributed by atoms with E-state index in [0.717, 1.165) is 16.6 Å². The van der Waals surface area contributed by atoms with Gasteiger partial charge in [0, 0.05) is 38.3 Å². The van der Waals surface area contributed by atoms with E-state index < -0.39 is 24.2 Å². The summed E-state index contributed by atoms with van der Waals surface area (Å²) in [5.41, 5.74) is 2.06. The van der Waals surface area contributed by atoms with Crippen LogP contribution < -0.4 is 15.4 Å². The molecular weight excluding hydrogens is 537 g/mol. The number of hydrogen-bond acceptors (Lipinski definition) is 8. The number of H-pyrrole nitrogens is 1. The number of nitrogens with one attached hydrogen (secondary N) is 3. The Bertz CT molecular complexity index is 1420. The molecule has 4 heterocycles. The van der Waals surface area contributed by atoms with Crippen molar-refractivity contribution in [3.05, 3.63) is 54.1 Å². The Morgan fingerprint density at radius 3 is 2.69 bits per heavy atom. The summed E-state index contributed by atoms with van der Waals surface area (Å²) >= 11 is 6.16. The quantitative estimate of drug-likeness (QED) is 0.375. The lowest BCUT2D eigenvalue weighted by atomic mass is 10.1. The number of hydrogen-bond donors (Lipinski definition) is 3. The van der Waals surface area contributed by atoms with Crippen molar-refractivity contribution in [1.29, 1.82) is 0 Å². The smallest absolute Gasteiger partial charge is 0.397 e. The van der Waals surface area contributed by atoms with Gasteiger partial charge in [-0.15, -0.1) is 0 Å². The molecule has 10 nitrogen and oxygen atoms in total. The molecule has 1 fully saturated rings. The van der Waals surface area contributed by atoms with Crippen molar-refractivity contribution >= 4 is 34.5 Å². The Morgan fingerprint density at radius 2 is 2.00 bits per heavy atom. The zero-order valence-corrected chi connectivity index (χ0v) is 21.7. The molecule has 0 spiro atoms. The lowest BCUT2D eigenvalue weighted by Crippen LogP contribution is -2.60. The number of carbonyl (C=O) groups excluding carboxylic acids is 1. The Hall–Kier alpha value is -3.84. The second-order valence-corrected chi connectivity index (χ2v) is 9.63. The van der Waals surface area contributed by atoms with Crippen LogP contribution in [0.1, 0.15) is 6.42 Å². The molecule has 0 radical (unpaired) electrons. The minimum atomic E-state index is -4.51. The van der Waals surface area contributed by atoms with Crippen LogP contribution in [-0.4, -0.2) is 87.3 Å².